The molecule has 4 heterocycles. The van der Waals surface area contributed by atoms with E-state index in [-0.39, 0.29) is 38.1 Å². The molecule has 0 aliphatic rings. The molecule has 11 heteroatoms. The summed E-state index contributed by atoms with van der Waals surface area (Å²) in [5.41, 5.74) is 0.0705. The van der Waals surface area contributed by atoms with Gasteiger partial charge in [0, 0.05) is 22.6 Å². The standard InChI is InChI=1S/C22H14F5N5.Pt/c1-21(2,15-6-3-5-14(29-15)13-9-10-17(23)31-19(13)24)16-7-4-8-18(30-16)32-12-11-28-20(32)22(25,26)27;/h3-8,10-11H,1-2H3;/q-2;+2. The van der Waals surface area contributed by atoms with E-state index >= 15 is 0 Å². The number of rotatable bonds is 4. The van der Waals surface area contributed by atoms with Crippen LogP contribution in [0.2, 0.25) is 0 Å². The maximum atomic E-state index is 14.1. The molecule has 0 spiro atoms. The SMILES string of the molecule is CC(C)(c1cccc(-c2[c-]cc(F)nc2F)n1)c1cccc(-n2[c-]cnc2C(F)(F)F)n1.[Pt+2]. The summed E-state index contributed by atoms with van der Waals surface area (Å²) in [4.78, 5) is 15.3. The summed E-state index contributed by atoms with van der Waals surface area (Å²) < 4.78 is 67.6. The second-order valence-corrected chi connectivity index (χ2v) is 7.35. The molecule has 0 unspecified atom stereocenters. The van der Waals surface area contributed by atoms with E-state index < -0.39 is 29.3 Å². The monoisotopic (exact) mass is 638 g/mol. The van der Waals surface area contributed by atoms with Gasteiger partial charge in [0.1, 0.15) is 17.7 Å². The van der Waals surface area contributed by atoms with Crippen molar-refractivity contribution in [2.75, 3.05) is 0 Å². The third-order valence-electron chi connectivity index (χ3n) is 4.84. The van der Waals surface area contributed by atoms with Crippen LogP contribution >= 0.6 is 0 Å². The summed E-state index contributed by atoms with van der Waals surface area (Å²) in [5, 5.41) is 0. The summed E-state index contributed by atoms with van der Waals surface area (Å²) in [6, 6.07) is 12.8. The van der Waals surface area contributed by atoms with Gasteiger partial charge < -0.3 is 14.5 Å². The summed E-state index contributed by atoms with van der Waals surface area (Å²) in [6.07, 6.45) is -1.34. The first-order valence-electron chi connectivity index (χ1n) is 9.29. The number of hydrogen-bond donors (Lipinski definition) is 0. The van der Waals surface area contributed by atoms with Gasteiger partial charge in [0.2, 0.25) is 0 Å². The Morgan fingerprint density at radius 2 is 1.58 bits per heavy atom. The Morgan fingerprint density at radius 3 is 2.24 bits per heavy atom. The van der Waals surface area contributed by atoms with Gasteiger partial charge in [-0.25, -0.2) is 8.78 Å². The summed E-state index contributed by atoms with van der Waals surface area (Å²) in [7, 11) is 0. The molecule has 0 amide bonds. The van der Waals surface area contributed by atoms with Crippen molar-refractivity contribution in [1.29, 1.82) is 0 Å². The molecule has 0 radical (unpaired) electrons. The number of aromatic nitrogens is 5. The fraction of sp³-hybridized carbons (Fsp3) is 0.182. The van der Waals surface area contributed by atoms with Crippen molar-refractivity contribution in [2.24, 2.45) is 0 Å². The van der Waals surface area contributed by atoms with Crippen molar-refractivity contribution in [3.8, 4) is 17.1 Å². The second kappa shape index (κ2) is 9.09. The number of hydrogen-bond acceptors (Lipinski definition) is 4. The van der Waals surface area contributed by atoms with Crippen molar-refractivity contribution in [2.45, 2.75) is 25.4 Å². The van der Waals surface area contributed by atoms with Crippen molar-refractivity contribution >= 4 is 0 Å². The second-order valence-electron chi connectivity index (χ2n) is 7.35. The van der Waals surface area contributed by atoms with Crippen LogP contribution in [0.25, 0.3) is 17.1 Å². The van der Waals surface area contributed by atoms with Gasteiger partial charge in [0.05, 0.1) is 0 Å². The van der Waals surface area contributed by atoms with E-state index in [0.717, 1.165) is 16.8 Å². The van der Waals surface area contributed by atoms with E-state index in [0.29, 0.717) is 11.4 Å². The predicted octanol–water partition coefficient (Wildman–Crippen LogP) is 4.95. The zero-order valence-corrected chi connectivity index (χ0v) is 19.3. The Morgan fingerprint density at radius 1 is 0.909 bits per heavy atom. The van der Waals surface area contributed by atoms with E-state index in [1.54, 1.807) is 38.1 Å². The topological polar surface area (TPSA) is 56.5 Å². The zero-order chi connectivity index (χ0) is 23.1. The van der Waals surface area contributed by atoms with Crippen molar-refractivity contribution in [3.05, 3.63) is 90.0 Å². The van der Waals surface area contributed by atoms with Gasteiger partial charge in [-0.05, 0) is 37.9 Å². The van der Waals surface area contributed by atoms with Crippen LogP contribution in [0.1, 0.15) is 31.1 Å². The minimum absolute atomic E-state index is 0. The largest absolute Gasteiger partial charge is 2.00 e. The molecular formula is C22H14F5N5Pt. The minimum atomic E-state index is -4.67. The first kappa shape index (κ1) is 24.6. The van der Waals surface area contributed by atoms with E-state index in [1.165, 1.54) is 12.1 Å². The number of imidazole rings is 1. The van der Waals surface area contributed by atoms with Gasteiger partial charge in [-0.3, -0.25) is 9.97 Å². The number of pyridine rings is 3. The maximum Gasteiger partial charge on any atom is 2.00 e. The van der Waals surface area contributed by atoms with Crippen molar-refractivity contribution in [3.63, 3.8) is 0 Å². The number of alkyl halides is 3. The molecule has 0 fully saturated rings. The Hall–Kier alpha value is -3.00. The van der Waals surface area contributed by atoms with Crippen LogP contribution in [0.5, 0.6) is 0 Å². The van der Waals surface area contributed by atoms with Crippen LogP contribution in [-0.4, -0.2) is 24.5 Å². The first-order chi connectivity index (χ1) is 15.1. The van der Waals surface area contributed by atoms with Crippen LogP contribution in [0.4, 0.5) is 22.0 Å². The Kier molecular flexibility index (Phi) is 6.79. The molecule has 4 aromatic rings. The average Bonchev–Trinajstić information content (AvgIpc) is 3.25. The zero-order valence-electron chi connectivity index (χ0n) is 17.1. The molecule has 0 saturated heterocycles. The van der Waals surface area contributed by atoms with Crippen molar-refractivity contribution in [1.82, 2.24) is 24.5 Å². The van der Waals surface area contributed by atoms with Crippen LogP contribution in [0.3, 0.4) is 0 Å². The Balaban J connectivity index is 0.00000306. The molecule has 0 aromatic carbocycles. The molecule has 0 bridgehead atoms. The first-order valence-corrected chi connectivity index (χ1v) is 9.29. The Labute approximate surface area is 200 Å². The molecule has 33 heavy (non-hydrogen) atoms. The van der Waals surface area contributed by atoms with Gasteiger partial charge in [0.25, 0.3) is 0 Å². The van der Waals surface area contributed by atoms with Gasteiger partial charge >= 0.3 is 27.2 Å². The van der Waals surface area contributed by atoms with Gasteiger partial charge in [0.15, 0.2) is 0 Å². The molecule has 0 N–H and O–H groups in total. The minimum Gasteiger partial charge on any atom is -0.443 e. The molecule has 0 atom stereocenters. The van der Waals surface area contributed by atoms with Crippen LogP contribution in [-0.2, 0) is 32.7 Å². The summed E-state index contributed by atoms with van der Waals surface area (Å²) in [5.74, 6) is -3.21. The van der Waals surface area contributed by atoms with Gasteiger partial charge in [-0.1, -0.05) is 42.1 Å². The van der Waals surface area contributed by atoms with E-state index in [4.69, 9.17) is 0 Å². The van der Waals surface area contributed by atoms with Crippen LogP contribution < -0.4 is 0 Å². The summed E-state index contributed by atoms with van der Waals surface area (Å²) >= 11 is 0. The smallest absolute Gasteiger partial charge is 0.443 e. The molecular weight excluding hydrogens is 624 g/mol. The molecule has 0 aliphatic heterocycles. The average molecular weight is 638 g/mol. The quantitative estimate of drug-likeness (QED) is 0.181. The molecule has 5 nitrogen and oxygen atoms in total. The fourth-order valence-corrected chi connectivity index (χ4v) is 3.14. The number of halogens is 5. The van der Waals surface area contributed by atoms with Crippen molar-refractivity contribution < 1.29 is 43.0 Å². The molecule has 0 aliphatic carbocycles. The van der Waals surface area contributed by atoms with E-state index in [9.17, 15) is 22.0 Å². The molecule has 4 rings (SSSR count). The van der Waals surface area contributed by atoms with Crippen LogP contribution in [0.15, 0.2) is 48.7 Å². The molecule has 0 saturated carbocycles. The maximum absolute atomic E-state index is 14.1. The van der Waals surface area contributed by atoms with Gasteiger partial charge in [-0.2, -0.15) is 13.2 Å². The van der Waals surface area contributed by atoms with E-state index in [2.05, 4.69) is 32.2 Å². The normalized spacial score (nSPS) is 11.8. The third-order valence-corrected chi connectivity index (χ3v) is 4.84. The number of nitrogens with zero attached hydrogens (tertiary/aromatic N) is 5. The summed E-state index contributed by atoms with van der Waals surface area (Å²) in [6.45, 7) is 3.55. The van der Waals surface area contributed by atoms with Gasteiger partial charge in [-0.15, -0.1) is 6.07 Å². The van der Waals surface area contributed by atoms with Crippen LogP contribution in [0, 0.1) is 24.2 Å². The third kappa shape index (κ3) is 4.85. The van der Waals surface area contributed by atoms with E-state index in [1.807, 2.05) is 0 Å². The molecule has 4 aromatic heterocycles. The fourth-order valence-electron chi connectivity index (χ4n) is 3.14. The molecule has 172 valence electrons. The Bertz CT molecular complexity index is 1290. The predicted molar refractivity (Wildman–Crippen MR) is 104 cm³/mol.